The molecule has 0 saturated heterocycles. The molecule has 0 aliphatic heterocycles. The Morgan fingerprint density at radius 3 is 2.92 bits per heavy atom. The van der Waals surface area contributed by atoms with E-state index in [0.29, 0.717) is 29.5 Å². The van der Waals surface area contributed by atoms with E-state index in [1.165, 1.54) is 0 Å². The summed E-state index contributed by atoms with van der Waals surface area (Å²) < 4.78 is 5.23. The van der Waals surface area contributed by atoms with Crippen LogP contribution in [0, 0.1) is 11.3 Å². The fourth-order valence-electron chi connectivity index (χ4n) is 0.877. The van der Waals surface area contributed by atoms with Crippen molar-refractivity contribution in [2.24, 2.45) is 5.73 Å². The van der Waals surface area contributed by atoms with Crippen molar-refractivity contribution < 1.29 is 4.74 Å². The normalized spacial score (nSPS) is 9.31. The van der Waals surface area contributed by atoms with Gasteiger partial charge < -0.3 is 10.5 Å². The lowest BCUT2D eigenvalue weighted by molar-refractivity contribution is 0.327. The number of hydrogen-bond acceptors (Lipinski definition) is 3. The molecule has 0 spiro atoms. The van der Waals surface area contributed by atoms with Crippen molar-refractivity contribution >= 4 is 11.6 Å². The molecular weight excluding hydrogens is 188 g/mol. The Morgan fingerprint density at radius 1 is 1.54 bits per heavy atom. The number of nitriles is 1. The fourth-order valence-corrected chi connectivity index (χ4v) is 1.04. The molecule has 3 nitrogen and oxygen atoms in total. The Balaban J connectivity index is 2.89. The first-order valence-electron chi connectivity index (χ1n) is 3.80. The number of nitrogens with two attached hydrogens (primary N) is 1. The van der Waals surface area contributed by atoms with Crippen molar-refractivity contribution in [2.75, 3.05) is 13.2 Å². The van der Waals surface area contributed by atoms with E-state index in [0.717, 1.165) is 0 Å². The third-order valence-corrected chi connectivity index (χ3v) is 1.67. The van der Waals surface area contributed by atoms with Gasteiger partial charge in [-0.15, -0.1) is 0 Å². The zero-order valence-electron chi connectivity index (χ0n) is 6.96. The van der Waals surface area contributed by atoms with E-state index in [-0.39, 0.29) is 0 Å². The second kappa shape index (κ2) is 4.70. The molecule has 1 aromatic carbocycles. The molecule has 4 heteroatoms. The van der Waals surface area contributed by atoms with Gasteiger partial charge in [0, 0.05) is 17.6 Å². The Labute approximate surface area is 81.7 Å². The Morgan fingerprint density at radius 2 is 2.31 bits per heavy atom. The first-order chi connectivity index (χ1) is 6.27. The van der Waals surface area contributed by atoms with Gasteiger partial charge in [-0.1, -0.05) is 11.6 Å². The minimum absolute atomic E-state index is 0.384. The predicted octanol–water partition coefficient (Wildman–Crippen LogP) is 1.55. The zero-order valence-corrected chi connectivity index (χ0v) is 7.71. The lowest BCUT2D eigenvalue weighted by Gasteiger charge is -2.05. The van der Waals surface area contributed by atoms with Gasteiger partial charge in [0.25, 0.3) is 0 Å². The third-order valence-electron chi connectivity index (χ3n) is 1.44. The highest BCUT2D eigenvalue weighted by atomic mass is 35.5. The van der Waals surface area contributed by atoms with Crippen LogP contribution in [0.5, 0.6) is 5.75 Å². The van der Waals surface area contributed by atoms with Crippen molar-refractivity contribution in [1.82, 2.24) is 0 Å². The first kappa shape index (κ1) is 9.85. The summed E-state index contributed by atoms with van der Waals surface area (Å²) in [5.74, 6) is 0.487. The summed E-state index contributed by atoms with van der Waals surface area (Å²) in [7, 11) is 0. The first-order valence-corrected chi connectivity index (χ1v) is 4.18. The largest absolute Gasteiger partial charge is 0.491 e. The number of rotatable bonds is 3. The summed E-state index contributed by atoms with van der Waals surface area (Å²) >= 11 is 5.73. The van der Waals surface area contributed by atoms with Gasteiger partial charge in [0.15, 0.2) is 0 Å². The van der Waals surface area contributed by atoms with E-state index in [9.17, 15) is 0 Å². The van der Waals surface area contributed by atoms with Gasteiger partial charge in [-0.3, -0.25) is 0 Å². The summed E-state index contributed by atoms with van der Waals surface area (Å²) in [5, 5.41) is 9.25. The Hall–Kier alpha value is -1.24. The fraction of sp³-hybridized carbons (Fsp3) is 0.222. The van der Waals surface area contributed by atoms with Crippen LogP contribution in [0.1, 0.15) is 5.56 Å². The van der Waals surface area contributed by atoms with Gasteiger partial charge in [-0.25, -0.2) is 0 Å². The number of ether oxygens (including phenoxy) is 1. The minimum atomic E-state index is 0.384. The molecule has 0 aliphatic rings. The molecule has 0 aliphatic carbocycles. The van der Waals surface area contributed by atoms with Gasteiger partial charge in [0.05, 0.1) is 5.56 Å². The van der Waals surface area contributed by atoms with Gasteiger partial charge >= 0.3 is 0 Å². The summed E-state index contributed by atoms with van der Waals surface area (Å²) in [6.45, 7) is 0.798. The topological polar surface area (TPSA) is 59.0 Å². The maximum absolute atomic E-state index is 8.70. The van der Waals surface area contributed by atoms with Crippen molar-refractivity contribution in [2.45, 2.75) is 0 Å². The molecule has 0 fully saturated rings. The molecular formula is C9H9ClN2O. The second-order valence-corrected chi connectivity index (χ2v) is 2.83. The number of benzene rings is 1. The third kappa shape index (κ3) is 2.62. The molecule has 13 heavy (non-hydrogen) atoms. The van der Waals surface area contributed by atoms with Crippen LogP contribution >= 0.6 is 11.6 Å². The average molecular weight is 197 g/mol. The lowest BCUT2D eigenvalue weighted by atomic mass is 10.2. The quantitative estimate of drug-likeness (QED) is 0.798. The van der Waals surface area contributed by atoms with Gasteiger partial charge in [-0.2, -0.15) is 5.26 Å². The summed E-state index contributed by atoms with van der Waals surface area (Å²) in [6, 6.07) is 6.88. The van der Waals surface area contributed by atoms with Crippen LogP contribution < -0.4 is 10.5 Å². The molecule has 0 atom stereocenters. The van der Waals surface area contributed by atoms with Crippen LogP contribution in [-0.4, -0.2) is 13.2 Å². The van der Waals surface area contributed by atoms with E-state index in [1.54, 1.807) is 18.2 Å². The van der Waals surface area contributed by atoms with Crippen molar-refractivity contribution in [3.05, 3.63) is 28.8 Å². The second-order valence-electron chi connectivity index (χ2n) is 2.39. The molecule has 1 aromatic rings. The number of halogens is 1. The minimum Gasteiger partial charge on any atom is -0.491 e. The maximum Gasteiger partial charge on any atom is 0.138 e. The van der Waals surface area contributed by atoms with Crippen molar-refractivity contribution in [1.29, 1.82) is 5.26 Å². The Bertz CT molecular complexity index is 333. The van der Waals surface area contributed by atoms with Crippen LogP contribution in [-0.2, 0) is 0 Å². The van der Waals surface area contributed by atoms with Crippen molar-refractivity contribution in [3.8, 4) is 11.8 Å². The molecule has 68 valence electrons. The smallest absolute Gasteiger partial charge is 0.138 e. The zero-order chi connectivity index (χ0) is 9.68. The van der Waals surface area contributed by atoms with Gasteiger partial charge in [-0.05, 0) is 12.1 Å². The van der Waals surface area contributed by atoms with E-state index < -0.39 is 0 Å². The van der Waals surface area contributed by atoms with Gasteiger partial charge in [0.2, 0.25) is 0 Å². The highest BCUT2D eigenvalue weighted by Gasteiger charge is 2.02. The standard InChI is InChI=1S/C9H9ClN2O/c10-8-2-1-7(6-12)9(5-8)13-4-3-11/h1-2,5H,3-4,11H2. The van der Waals surface area contributed by atoms with E-state index in [2.05, 4.69) is 0 Å². The van der Waals surface area contributed by atoms with Crippen LogP contribution in [0.15, 0.2) is 18.2 Å². The summed E-state index contributed by atoms with van der Waals surface area (Å²) in [4.78, 5) is 0. The lowest BCUT2D eigenvalue weighted by Crippen LogP contribution is -2.11. The SMILES string of the molecule is N#Cc1ccc(Cl)cc1OCCN. The average Bonchev–Trinajstić information content (AvgIpc) is 2.15. The monoisotopic (exact) mass is 196 g/mol. The molecule has 1 rings (SSSR count). The molecule has 0 heterocycles. The highest BCUT2D eigenvalue weighted by molar-refractivity contribution is 6.30. The molecule has 0 amide bonds. The molecule has 0 unspecified atom stereocenters. The summed E-state index contributed by atoms with van der Waals surface area (Å²) in [6.07, 6.45) is 0. The maximum atomic E-state index is 8.70. The number of hydrogen-bond donors (Lipinski definition) is 1. The number of nitrogens with zero attached hydrogens (tertiary/aromatic N) is 1. The van der Waals surface area contributed by atoms with Crippen LogP contribution in [0.2, 0.25) is 5.02 Å². The van der Waals surface area contributed by atoms with Crippen molar-refractivity contribution in [3.63, 3.8) is 0 Å². The van der Waals surface area contributed by atoms with E-state index >= 15 is 0 Å². The van der Waals surface area contributed by atoms with Gasteiger partial charge in [0.1, 0.15) is 18.4 Å². The molecule has 0 radical (unpaired) electrons. The molecule has 0 saturated carbocycles. The van der Waals surface area contributed by atoms with Crippen LogP contribution in [0.4, 0.5) is 0 Å². The molecule has 2 N–H and O–H groups in total. The summed E-state index contributed by atoms with van der Waals surface area (Å²) in [5.41, 5.74) is 5.74. The Kier molecular flexibility index (Phi) is 3.56. The predicted molar refractivity (Wildman–Crippen MR) is 50.7 cm³/mol. The van der Waals surface area contributed by atoms with Crippen LogP contribution in [0.3, 0.4) is 0 Å². The van der Waals surface area contributed by atoms with E-state index in [1.807, 2.05) is 6.07 Å². The van der Waals surface area contributed by atoms with E-state index in [4.69, 9.17) is 27.3 Å². The highest BCUT2D eigenvalue weighted by Crippen LogP contribution is 2.22. The van der Waals surface area contributed by atoms with Crippen LogP contribution in [0.25, 0.3) is 0 Å². The molecule has 0 bridgehead atoms. The molecule has 0 aromatic heterocycles.